The molecule has 6 heteroatoms. The van der Waals surface area contributed by atoms with Crippen LogP contribution in [0.4, 0.5) is 11.8 Å². The van der Waals surface area contributed by atoms with Gasteiger partial charge in [0.15, 0.2) is 0 Å². The minimum absolute atomic E-state index is 0.218. The van der Waals surface area contributed by atoms with Gasteiger partial charge in [-0.05, 0) is 28.3 Å². The molecule has 0 saturated carbocycles. The lowest BCUT2D eigenvalue weighted by atomic mass is 10.1. The van der Waals surface area contributed by atoms with Crippen molar-refractivity contribution in [2.45, 2.75) is 33.2 Å². The van der Waals surface area contributed by atoms with E-state index in [1.807, 2.05) is 0 Å². The van der Waals surface area contributed by atoms with Gasteiger partial charge in [-0.3, -0.25) is 0 Å². The minimum atomic E-state index is 0.218. The average Bonchev–Trinajstić information content (AvgIpc) is 2.38. The molecule has 1 unspecified atom stereocenters. The molecular formula is C13H23BrN4O. The maximum Gasteiger partial charge on any atom is 0.224 e. The molecule has 1 heterocycles. The quantitative estimate of drug-likeness (QED) is 0.766. The molecule has 0 bridgehead atoms. The zero-order chi connectivity index (χ0) is 14.3. The van der Waals surface area contributed by atoms with Crippen LogP contribution < -0.4 is 10.6 Å². The third-order valence-electron chi connectivity index (χ3n) is 2.75. The Morgan fingerprint density at radius 3 is 2.74 bits per heavy atom. The fourth-order valence-electron chi connectivity index (χ4n) is 1.55. The van der Waals surface area contributed by atoms with Crippen molar-refractivity contribution in [3.8, 4) is 0 Å². The second-order valence-electron chi connectivity index (χ2n) is 4.77. The molecule has 1 atom stereocenters. The molecule has 0 aromatic carbocycles. The minimum Gasteiger partial charge on any atom is -0.383 e. The number of aromatic nitrogens is 2. The van der Waals surface area contributed by atoms with Crippen LogP contribution in [0.3, 0.4) is 0 Å². The Hall–Kier alpha value is -0.880. The SMILES string of the molecule is CCCNc1ncc(Br)c(NC(COC)C(C)C)n1. The van der Waals surface area contributed by atoms with Gasteiger partial charge in [-0.25, -0.2) is 4.98 Å². The van der Waals surface area contributed by atoms with Crippen molar-refractivity contribution >= 4 is 27.7 Å². The smallest absolute Gasteiger partial charge is 0.224 e. The summed E-state index contributed by atoms with van der Waals surface area (Å²) in [6.07, 6.45) is 2.80. The van der Waals surface area contributed by atoms with Crippen molar-refractivity contribution in [3.63, 3.8) is 0 Å². The molecule has 0 saturated heterocycles. The van der Waals surface area contributed by atoms with Gasteiger partial charge in [-0.1, -0.05) is 20.8 Å². The molecule has 2 N–H and O–H groups in total. The molecule has 5 nitrogen and oxygen atoms in total. The highest BCUT2D eigenvalue weighted by molar-refractivity contribution is 9.10. The number of nitrogens with zero attached hydrogens (tertiary/aromatic N) is 2. The summed E-state index contributed by atoms with van der Waals surface area (Å²) in [4.78, 5) is 8.71. The van der Waals surface area contributed by atoms with Crippen LogP contribution in [0.5, 0.6) is 0 Å². The van der Waals surface area contributed by atoms with E-state index in [1.165, 1.54) is 0 Å². The summed E-state index contributed by atoms with van der Waals surface area (Å²) in [6.45, 7) is 7.93. The van der Waals surface area contributed by atoms with Gasteiger partial charge in [0, 0.05) is 19.9 Å². The summed E-state index contributed by atoms with van der Waals surface area (Å²) in [6, 6.07) is 0.218. The topological polar surface area (TPSA) is 59.1 Å². The summed E-state index contributed by atoms with van der Waals surface area (Å²) in [5.41, 5.74) is 0. The van der Waals surface area contributed by atoms with Crippen LogP contribution in [0.25, 0.3) is 0 Å². The number of nitrogens with one attached hydrogen (secondary N) is 2. The highest BCUT2D eigenvalue weighted by atomic mass is 79.9. The van der Waals surface area contributed by atoms with Crippen molar-refractivity contribution in [3.05, 3.63) is 10.7 Å². The monoisotopic (exact) mass is 330 g/mol. The van der Waals surface area contributed by atoms with Crippen molar-refractivity contribution in [1.29, 1.82) is 0 Å². The lowest BCUT2D eigenvalue weighted by molar-refractivity contribution is 0.171. The number of rotatable bonds is 8. The van der Waals surface area contributed by atoms with E-state index in [0.29, 0.717) is 18.5 Å². The van der Waals surface area contributed by atoms with E-state index in [0.717, 1.165) is 23.3 Å². The summed E-state index contributed by atoms with van der Waals surface area (Å²) in [7, 11) is 1.71. The van der Waals surface area contributed by atoms with E-state index >= 15 is 0 Å². The molecule has 1 aromatic rings. The predicted octanol–water partition coefficient (Wildman–Crippen LogP) is 3.14. The fraction of sp³-hybridized carbons (Fsp3) is 0.692. The predicted molar refractivity (Wildman–Crippen MR) is 82.6 cm³/mol. The molecule has 19 heavy (non-hydrogen) atoms. The largest absolute Gasteiger partial charge is 0.383 e. The maximum atomic E-state index is 5.24. The van der Waals surface area contributed by atoms with Gasteiger partial charge in [0.1, 0.15) is 5.82 Å². The third-order valence-corrected chi connectivity index (χ3v) is 3.33. The molecule has 0 aliphatic rings. The first-order valence-electron chi connectivity index (χ1n) is 6.60. The molecular weight excluding hydrogens is 308 g/mol. The molecule has 0 amide bonds. The maximum absolute atomic E-state index is 5.24. The van der Waals surface area contributed by atoms with Crippen molar-refractivity contribution in [1.82, 2.24) is 9.97 Å². The molecule has 0 spiro atoms. The second kappa shape index (κ2) is 8.32. The molecule has 1 aromatic heterocycles. The Kier molecular flexibility index (Phi) is 7.09. The van der Waals surface area contributed by atoms with E-state index in [4.69, 9.17) is 4.74 Å². The number of anilines is 2. The molecule has 0 fully saturated rings. The van der Waals surface area contributed by atoms with E-state index in [9.17, 15) is 0 Å². The standard InChI is InChI=1S/C13H23BrN4O/c1-5-6-15-13-16-7-10(14)12(18-13)17-11(8-19-4)9(2)3/h7,9,11H,5-6,8H2,1-4H3,(H2,15,16,17,18). The van der Waals surface area contributed by atoms with Gasteiger partial charge in [-0.15, -0.1) is 0 Å². The molecule has 1 rings (SSSR count). The Balaban J connectivity index is 2.79. The van der Waals surface area contributed by atoms with Crippen LogP contribution in [0.15, 0.2) is 10.7 Å². The number of methoxy groups -OCH3 is 1. The van der Waals surface area contributed by atoms with Crippen LogP contribution in [-0.2, 0) is 4.74 Å². The van der Waals surface area contributed by atoms with Crippen LogP contribution in [0, 0.1) is 5.92 Å². The highest BCUT2D eigenvalue weighted by Crippen LogP contribution is 2.22. The van der Waals surface area contributed by atoms with Crippen molar-refractivity contribution in [2.75, 3.05) is 30.9 Å². The van der Waals surface area contributed by atoms with E-state index in [1.54, 1.807) is 13.3 Å². The van der Waals surface area contributed by atoms with Gasteiger partial charge in [0.25, 0.3) is 0 Å². The first-order chi connectivity index (χ1) is 9.08. The van der Waals surface area contributed by atoms with Crippen molar-refractivity contribution in [2.24, 2.45) is 5.92 Å². The zero-order valence-electron chi connectivity index (χ0n) is 12.0. The van der Waals surface area contributed by atoms with Crippen LogP contribution in [0.1, 0.15) is 27.2 Å². The Labute approximate surface area is 123 Å². The van der Waals surface area contributed by atoms with Crippen LogP contribution in [0.2, 0.25) is 0 Å². The average molecular weight is 331 g/mol. The van der Waals surface area contributed by atoms with Gasteiger partial charge < -0.3 is 15.4 Å². The summed E-state index contributed by atoms with van der Waals surface area (Å²) >= 11 is 3.47. The molecule has 0 aliphatic carbocycles. The molecule has 0 aliphatic heterocycles. The Bertz CT molecular complexity index is 387. The number of halogens is 1. The van der Waals surface area contributed by atoms with Crippen molar-refractivity contribution < 1.29 is 4.74 Å². The first-order valence-corrected chi connectivity index (χ1v) is 7.39. The van der Waals surface area contributed by atoms with Gasteiger partial charge in [-0.2, -0.15) is 4.98 Å². The molecule has 0 radical (unpaired) electrons. The highest BCUT2D eigenvalue weighted by Gasteiger charge is 2.15. The van der Waals surface area contributed by atoms with Gasteiger partial charge in [0.2, 0.25) is 5.95 Å². The van der Waals surface area contributed by atoms with E-state index in [-0.39, 0.29) is 6.04 Å². The fourth-order valence-corrected chi connectivity index (χ4v) is 1.85. The first kappa shape index (κ1) is 16.2. The van der Waals surface area contributed by atoms with E-state index < -0.39 is 0 Å². The van der Waals surface area contributed by atoms with Crippen LogP contribution in [-0.4, -0.2) is 36.3 Å². The number of ether oxygens (including phenoxy) is 1. The zero-order valence-corrected chi connectivity index (χ0v) is 13.6. The molecule has 108 valence electrons. The lowest BCUT2D eigenvalue weighted by Crippen LogP contribution is -2.31. The normalized spacial score (nSPS) is 12.5. The summed E-state index contributed by atoms with van der Waals surface area (Å²) in [5, 5.41) is 6.58. The lowest BCUT2D eigenvalue weighted by Gasteiger charge is -2.22. The Morgan fingerprint density at radius 2 is 2.16 bits per heavy atom. The second-order valence-corrected chi connectivity index (χ2v) is 5.62. The van der Waals surface area contributed by atoms with Gasteiger partial charge >= 0.3 is 0 Å². The van der Waals surface area contributed by atoms with E-state index in [2.05, 4.69) is 57.3 Å². The van der Waals surface area contributed by atoms with Gasteiger partial charge in [0.05, 0.1) is 17.1 Å². The summed E-state index contributed by atoms with van der Waals surface area (Å²) < 4.78 is 6.09. The summed E-state index contributed by atoms with van der Waals surface area (Å²) in [5.74, 6) is 1.89. The Morgan fingerprint density at radius 1 is 1.42 bits per heavy atom. The number of hydrogen-bond acceptors (Lipinski definition) is 5. The third kappa shape index (κ3) is 5.32. The number of hydrogen-bond donors (Lipinski definition) is 2. The van der Waals surface area contributed by atoms with Crippen LogP contribution >= 0.6 is 15.9 Å².